The number of nitrogens with one attached hydrogen (secondary N) is 1. The van der Waals surface area contributed by atoms with Gasteiger partial charge < -0.3 is 11.1 Å². The van der Waals surface area contributed by atoms with Crippen LogP contribution in [-0.4, -0.2) is 19.5 Å². The van der Waals surface area contributed by atoms with Crippen molar-refractivity contribution in [2.75, 3.05) is 17.6 Å². The summed E-state index contributed by atoms with van der Waals surface area (Å²) in [6, 6.07) is 13.6. The SMILES string of the molecule is Nc1ccc(NCCc2ccc(S(=O)(=O)O)cc2)cc1. The summed E-state index contributed by atoms with van der Waals surface area (Å²) in [6.45, 7) is 0.717. The Morgan fingerprint density at radius 3 is 2.15 bits per heavy atom. The lowest BCUT2D eigenvalue weighted by atomic mass is 10.1. The fraction of sp³-hybridized carbons (Fsp3) is 0.143. The predicted molar refractivity (Wildman–Crippen MR) is 79.3 cm³/mol. The summed E-state index contributed by atoms with van der Waals surface area (Å²) in [5.74, 6) is 0. The molecule has 2 aromatic carbocycles. The van der Waals surface area contributed by atoms with Crippen molar-refractivity contribution in [2.24, 2.45) is 0 Å². The molecule has 0 spiro atoms. The first-order chi connectivity index (χ1) is 9.45. The van der Waals surface area contributed by atoms with Gasteiger partial charge in [-0.05, 0) is 48.4 Å². The lowest BCUT2D eigenvalue weighted by Crippen LogP contribution is -2.05. The van der Waals surface area contributed by atoms with Crippen molar-refractivity contribution in [2.45, 2.75) is 11.3 Å². The molecule has 6 heteroatoms. The summed E-state index contributed by atoms with van der Waals surface area (Å²) in [7, 11) is -4.11. The Bertz CT molecular complexity index is 665. The van der Waals surface area contributed by atoms with E-state index in [0.29, 0.717) is 0 Å². The zero-order chi connectivity index (χ0) is 14.6. The van der Waals surface area contributed by atoms with Gasteiger partial charge in [-0.15, -0.1) is 0 Å². The van der Waals surface area contributed by atoms with Crippen molar-refractivity contribution in [1.29, 1.82) is 0 Å². The first kappa shape index (κ1) is 14.4. The second-order valence-corrected chi connectivity index (χ2v) is 5.84. The average molecular weight is 292 g/mol. The van der Waals surface area contributed by atoms with Gasteiger partial charge in [-0.1, -0.05) is 12.1 Å². The normalized spacial score (nSPS) is 11.2. The number of anilines is 2. The van der Waals surface area contributed by atoms with Gasteiger partial charge in [0.1, 0.15) is 0 Å². The second kappa shape index (κ2) is 5.94. The van der Waals surface area contributed by atoms with Gasteiger partial charge in [0.2, 0.25) is 0 Å². The molecule has 2 aromatic rings. The lowest BCUT2D eigenvalue weighted by Gasteiger charge is -2.07. The molecule has 0 saturated heterocycles. The monoisotopic (exact) mass is 292 g/mol. The molecule has 20 heavy (non-hydrogen) atoms. The van der Waals surface area contributed by atoms with Crippen LogP contribution in [0, 0.1) is 0 Å². The molecule has 106 valence electrons. The van der Waals surface area contributed by atoms with E-state index in [1.165, 1.54) is 12.1 Å². The zero-order valence-electron chi connectivity index (χ0n) is 10.8. The van der Waals surface area contributed by atoms with Gasteiger partial charge in [-0.25, -0.2) is 0 Å². The molecule has 0 aliphatic rings. The Morgan fingerprint density at radius 2 is 1.60 bits per heavy atom. The van der Waals surface area contributed by atoms with Crippen LogP contribution in [0.3, 0.4) is 0 Å². The number of benzene rings is 2. The Labute approximate surface area is 118 Å². The third kappa shape index (κ3) is 3.97. The van der Waals surface area contributed by atoms with Gasteiger partial charge in [-0.3, -0.25) is 4.55 Å². The van der Waals surface area contributed by atoms with E-state index < -0.39 is 10.1 Å². The molecule has 0 aromatic heterocycles. The first-order valence-electron chi connectivity index (χ1n) is 6.11. The minimum absolute atomic E-state index is 0.0901. The van der Waals surface area contributed by atoms with E-state index >= 15 is 0 Å². The minimum Gasteiger partial charge on any atom is -0.399 e. The van der Waals surface area contributed by atoms with Crippen LogP contribution in [0.1, 0.15) is 5.56 Å². The van der Waals surface area contributed by atoms with Gasteiger partial charge in [0.15, 0.2) is 0 Å². The fourth-order valence-electron chi connectivity index (χ4n) is 1.78. The predicted octanol–water partition coefficient (Wildman–Crippen LogP) is 2.17. The molecule has 0 atom stereocenters. The Balaban J connectivity index is 1.90. The van der Waals surface area contributed by atoms with E-state index in [9.17, 15) is 8.42 Å². The van der Waals surface area contributed by atoms with E-state index in [4.69, 9.17) is 10.3 Å². The summed E-state index contributed by atoms with van der Waals surface area (Å²) in [4.78, 5) is -0.0901. The summed E-state index contributed by atoms with van der Waals surface area (Å²) in [5, 5.41) is 3.24. The topological polar surface area (TPSA) is 92.4 Å². The molecule has 4 N–H and O–H groups in total. The van der Waals surface area contributed by atoms with E-state index in [1.54, 1.807) is 12.1 Å². The standard InChI is InChI=1S/C14H16N2O3S/c15-12-3-5-13(6-4-12)16-10-9-11-1-7-14(8-2-11)20(17,18)19/h1-8,16H,9-10,15H2,(H,17,18,19). The van der Waals surface area contributed by atoms with Crippen molar-refractivity contribution in [3.63, 3.8) is 0 Å². The van der Waals surface area contributed by atoms with E-state index in [2.05, 4.69) is 5.32 Å². The van der Waals surface area contributed by atoms with Crippen LogP contribution in [0.15, 0.2) is 53.4 Å². The highest BCUT2D eigenvalue weighted by Crippen LogP contribution is 2.12. The molecular weight excluding hydrogens is 276 g/mol. The molecular formula is C14H16N2O3S. The molecule has 0 radical (unpaired) electrons. The second-order valence-electron chi connectivity index (χ2n) is 4.42. The number of nitrogen functional groups attached to an aromatic ring is 1. The van der Waals surface area contributed by atoms with Crippen LogP contribution < -0.4 is 11.1 Å². The van der Waals surface area contributed by atoms with E-state index in [-0.39, 0.29) is 4.90 Å². The van der Waals surface area contributed by atoms with Gasteiger partial charge in [0, 0.05) is 17.9 Å². The lowest BCUT2D eigenvalue weighted by molar-refractivity contribution is 0.483. The molecule has 0 saturated carbocycles. The molecule has 2 rings (SSSR count). The van der Waals surface area contributed by atoms with Crippen molar-refractivity contribution in [1.82, 2.24) is 0 Å². The largest absolute Gasteiger partial charge is 0.399 e. The number of nitrogens with two attached hydrogens (primary N) is 1. The molecule has 0 heterocycles. The highest BCUT2D eigenvalue weighted by atomic mass is 32.2. The Hall–Kier alpha value is -2.05. The zero-order valence-corrected chi connectivity index (χ0v) is 11.6. The molecule has 0 aliphatic heterocycles. The van der Waals surface area contributed by atoms with Crippen molar-refractivity contribution < 1.29 is 13.0 Å². The van der Waals surface area contributed by atoms with Crippen LogP contribution in [-0.2, 0) is 16.5 Å². The van der Waals surface area contributed by atoms with Gasteiger partial charge in [0.05, 0.1) is 4.90 Å². The third-order valence-corrected chi connectivity index (χ3v) is 3.74. The third-order valence-electron chi connectivity index (χ3n) is 2.87. The van der Waals surface area contributed by atoms with Crippen LogP contribution in [0.4, 0.5) is 11.4 Å². The van der Waals surface area contributed by atoms with Crippen LogP contribution in [0.5, 0.6) is 0 Å². The summed E-state index contributed by atoms with van der Waals surface area (Å²) in [5.41, 5.74) is 8.28. The molecule has 0 aliphatic carbocycles. The molecule has 0 unspecified atom stereocenters. The maximum absolute atomic E-state index is 10.9. The summed E-state index contributed by atoms with van der Waals surface area (Å²) >= 11 is 0. The molecule has 0 bridgehead atoms. The smallest absolute Gasteiger partial charge is 0.294 e. The van der Waals surface area contributed by atoms with Crippen molar-refractivity contribution >= 4 is 21.5 Å². The highest BCUT2D eigenvalue weighted by Gasteiger charge is 2.08. The quantitative estimate of drug-likeness (QED) is 0.580. The fourth-order valence-corrected chi connectivity index (χ4v) is 2.26. The molecule has 0 fully saturated rings. The highest BCUT2D eigenvalue weighted by molar-refractivity contribution is 7.85. The first-order valence-corrected chi connectivity index (χ1v) is 7.55. The number of rotatable bonds is 5. The molecule has 0 amide bonds. The van der Waals surface area contributed by atoms with E-state index in [0.717, 1.165) is 29.9 Å². The van der Waals surface area contributed by atoms with Gasteiger partial charge >= 0.3 is 0 Å². The maximum Gasteiger partial charge on any atom is 0.294 e. The molecule has 5 nitrogen and oxygen atoms in total. The van der Waals surface area contributed by atoms with Crippen LogP contribution in [0.25, 0.3) is 0 Å². The maximum atomic E-state index is 10.9. The minimum atomic E-state index is -4.11. The Morgan fingerprint density at radius 1 is 1.00 bits per heavy atom. The summed E-state index contributed by atoms with van der Waals surface area (Å²) < 4.78 is 30.7. The van der Waals surface area contributed by atoms with Crippen molar-refractivity contribution in [3.05, 3.63) is 54.1 Å². The van der Waals surface area contributed by atoms with Crippen molar-refractivity contribution in [3.8, 4) is 0 Å². The van der Waals surface area contributed by atoms with Crippen LogP contribution >= 0.6 is 0 Å². The number of hydrogen-bond acceptors (Lipinski definition) is 4. The summed E-state index contributed by atoms with van der Waals surface area (Å²) in [6.07, 6.45) is 0.746. The average Bonchev–Trinajstić information content (AvgIpc) is 2.41. The van der Waals surface area contributed by atoms with Gasteiger partial charge in [0.25, 0.3) is 10.1 Å². The number of hydrogen-bond donors (Lipinski definition) is 3. The Kier molecular flexibility index (Phi) is 4.26. The van der Waals surface area contributed by atoms with Gasteiger partial charge in [-0.2, -0.15) is 8.42 Å². The van der Waals surface area contributed by atoms with Crippen LogP contribution in [0.2, 0.25) is 0 Å². The van der Waals surface area contributed by atoms with E-state index in [1.807, 2.05) is 24.3 Å².